The highest BCUT2D eigenvalue weighted by molar-refractivity contribution is 5.09. The standard InChI is InChI=1S/C16H26N4/c1-2-6-18-16(3-1)14-20-11-9-19(10-12-20)13-15-4-7-17-8-5-15/h4-5,7-8,16,18H,1-3,6,9-14H2/t16-/m0/s1. The highest BCUT2D eigenvalue weighted by Gasteiger charge is 2.21. The third-order valence-corrected chi connectivity index (χ3v) is 4.51. The molecule has 0 radical (unpaired) electrons. The highest BCUT2D eigenvalue weighted by atomic mass is 15.3. The van der Waals surface area contributed by atoms with Crippen molar-refractivity contribution in [3.8, 4) is 0 Å². The molecular weight excluding hydrogens is 248 g/mol. The number of hydrogen-bond donors (Lipinski definition) is 1. The molecule has 0 saturated carbocycles. The summed E-state index contributed by atoms with van der Waals surface area (Å²) in [5.41, 5.74) is 1.38. The van der Waals surface area contributed by atoms with Gasteiger partial charge in [0.15, 0.2) is 0 Å². The van der Waals surface area contributed by atoms with Crippen LogP contribution in [0.3, 0.4) is 0 Å². The molecule has 2 saturated heterocycles. The molecule has 0 bridgehead atoms. The number of piperidine rings is 1. The molecule has 4 nitrogen and oxygen atoms in total. The minimum absolute atomic E-state index is 0.732. The first-order chi connectivity index (χ1) is 9.90. The van der Waals surface area contributed by atoms with Crippen LogP contribution in [0, 0.1) is 0 Å². The Morgan fingerprint density at radius 3 is 2.50 bits per heavy atom. The Hall–Kier alpha value is -0.970. The van der Waals surface area contributed by atoms with Gasteiger partial charge in [-0.1, -0.05) is 6.42 Å². The maximum Gasteiger partial charge on any atom is 0.0271 e. The SMILES string of the molecule is c1cc(CN2CCN(C[C@@H]3CCCCN3)CC2)ccn1. The normalized spacial score (nSPS) is 25.7. The number of pyridine rings is 1. The molecular formula is C16H26N4. The van der Waals surface area contributed by atoms with E-state index in [2.05, 4.69) is 32.2 Å². The van der Waals surface area contributed by atoms with E-state index < -0.39 is 0 Å². The van der Waals surface area contributed by atoms with Gasteiger partial charge in [-0.3, -0.25) is 14.8 Å². The summed E-state index contributed by atoms with van der Waals surface area (Å²) in [4.78, 5) is 9.27. The van der Waals surface area contributed by atoms with E-state index in [9.17, 15) is 0 Å². The number of nitrogens with zero attached hydrogens (tertiary/aromatic N) is 3. The minimum Gasteiger partial charge on any atom is -0.313 e. The Morgan fingerprint density at radius 2 is 1.80 bits per heavy atom. The lowest BCUT2D eigenvalue weighted by atomic mass is 10.0. The Morgan fingerprint density at radius 1 is 1.05 bits per heavy atom. The van der Waals surface area contributed by atoms with Crippen LogP contribution in [0.5, 0.6) is 0 Å². The number of hydrogen-bond acceptors (Lipinski definition) is 4. The molecule has 0 amide bonds. The zero-order chi connectivity index (χ0) is 13.6. The average Bonchev–Trinajstić information content (AvgIpc) is 2.51. The van der Waals surface area contributed by atoms with Crippen LogP contribution in [0.15, 0.2) is 24.5 Å². The first-order valence-electron chi connectivity index (χ1n) is 7.97. The van der Waals surface area contributed by atoms with Crippen LogP contribution in [-0.2, 0) is 6.54 Å². The van der Waals surface area contributed by atoms with E-state index in [0.717, 1.165) is 12.6 Å². The summed E-state index contributed by atoms with van der Waals surface area (Å²) in [6, 6.07) is 4.98. The maximum atomic E-state index is 4.08. The van der Waals surface area contributed by atoms with Crippen molar-refractivity contribution in [2.75, 3.05) is 39.3 Å². The Labute approximate surface area is 122 Å². The van der Waals surface area contributed by atoms with Crippen molar-refractivity contribution in [2.45, 2.75) is 31.8 Å². The van der Waals surface area contributed by atoms with Crippen molar-refractivity contribution in [2.24, 2.45) is 0 Å². The van der Waals surface area contributed by atoms with E-state index in [1.165, 1.54) is 64.1 Å². The lowest BCUT2D eigenvalue weighted by Crippen LogP contribution is -2.51. The van der Waals surface area contributed by atoms with Gasteiger partial charge in [0.05, 0.1) is 0 Å². The van der Waals surface area contributed by atoms with Gasteiger partial charge in [-0.05, 0) is 37.1 Å². The number of aromatic nitrogens is 1. The third-order valence-electron chi connectivity index (χ3n) is 4.51. The van der Waals surface area contributed by atoms with Gasteiger partial charge >= 0.3 is 0 Å². The van der Waals surface area contributed by atoms with Crippen LogP contribution >= 0.6 is 0 Å². The molecule has 3 rings (SSSR count). The summed E-state index contributed by atoms with van der Waals surface area (Å²) >= 11 is 0. The lowest BCUT2D eigenvalue weighted by molar-refractivity contribution is 0.114. The molecule has 0 spiro atoms. The first kappa shape index (κ1) is 14.0. The quantitative estimate of drug-likeness (QED) is 0.898. The molecule has 1 N–H and O–H groups in total. The number of rotatable bonds is 4. The fraction of sp³-hybridized carbons (Fsp3) is 0.688. The number of piperazine rings is 1. The van der Waals surface area contributed by atoms with Crippen molar-refractivity contribution in [3.63, 3.8) is 0 Å². The van der Waals surface area contributed by atoms with Crippen molar-refractivity contribution < 1.29 is 0 Å². The van der Waals surface area contributed by atoms with Crippen molar-refractivity contribution >= 4 is 0 Å². The number of nitrogens with one attached hydrogen (secondary N) is 1. The molecule has 110 valence electrons. The fourth-order valence-electron chi connectivity index (χ4n) is 3.27. The van der Waals surface area contributed by atoms with Crippen LogP contribution in [0.25, 0.3) is 0 Å². The van der Waals surface area contributed by atoms with Crippen LogP contribution in [0.1, 0.15) is 24.8 Å². The molecule has 1 aromatic rings. The Kier molecular flexibility index (Phi) is 5.01. The second-order valence-corrected chi connectivity index (χ2v) is 6.08. The smallest absolute Gasteiger partial charge is 0.0271 e. The van der Waals surface area contributed by atoms with Crippen molar-refractivity contribution in [3.05, 3.63) is 30.1 Å². The summed E-state index contributed by atoms with van der Waals surface area (Å²) in [5.74, 6) is 0. The van der Waals surface area contributed by atoms with Crippen LogP contribution in [0.2, 0.25) is 0 Å². The summed E-state index contributed by atoms with van der Waals surface area (Å²) in [5, 5.41) is 3.66. The molecule has 4 heteroatoms. The topological polar surface area (TPSA) is 31.4 Å². The molecule has 1 atom stereocenters. The zero-order valence-corrected chi connectivity index (χ0v) is 12.3. The van der Waals surface area contributed by atoms with E-state index in [0.29, 0.717) is 0 Å². The first-order valence-corrected chi connectivity index (χ1v) is 7.97. The summed E-state index contributed by atoms with van der Waals surface area (Å²) in [7, 11) is 0. The molecule has 2 aliphatic heterocycles. The van der Waals surface area contributed by atoms with E-state index in [-0.39, 0.29) is 0 Å². The molecule has 3 heterocycles. The molecule has 2 fully saturated rings. The van der Waals surface area contributed by atoms with Crippen molar-refractivity contribution in [1.29, 1.82) is 0 Å². The Balaban J connectivity index is 1.40. The maximum absolute atomic E-state index is 4.08. The van der Waals surface area contributed by atoms with Crippen LogP contribution in [0.4, 0.5) is 0 Å². The van der Waals surface area contributed by atoms with Gasteiger partial charge in [0.25, 0.3) is 0 Å². The van der Waals surface area contributed by atoms with Gasteiger partial charge in [0.1, 0.15) is 0 Å². The largest absolute Gasteiger partial charge is 0.313 e. The summed E-state index contributed by atoms with van der Waals surface area (Å²) < 4.78 is 0. The van der Waals surface area contributed by atoms with Gasteiger partial charge in [0.2, 0.25) is 0 Å². The van der Waals surface area contributed by atoms with Crippen molar-refractivity contribution in [1.82, 2.24) is 20.1 Å². The molecule has 1 aromatic heterocycles. The molecule has 0 unspecified atom stereocenters. The van der Waals surface area contributed by atoms with Gasteiger partial charge in [-0.2, -0.15) is 0 Å². The summed E-state index contributed by atoms with van der Waals surface area (Å²) in [6.07, 6.45) is 7.90. The van der Waals surface area contributed by atoms with Crippen LogP contribution < -0.4 is 5.32 Å². The predicted molar refractivity (Wildman–Crippen MR) is 81.6 cm³/mol. The third kappa shape index (κ3) is 4.01. The summed E-state index contributed by atoms with van der Waals surface area (Å²) in [6.45, 7) is 8.32. The monoisotopic (exact) mass is 274 g/mol. The molecule has 0 aliphatic carbocycles. The Bertz CT molecular complexity index is 381. The van der Waals surface area contributed by atoms with Gasteiger partial charge in [-0.25, -0.2) is 0 Å². The van der Waals surface area contributed by atoms with E-state index in [4.69, 9.17) is 0 Å². The highest BCUT2D eigenvalue weighted by Crippen LogP contribution is 2.11. The molecule has 2 aliphatic rings. The second kappa shape index (κ2) is 7.16. The zero-order valence-electron chi connectivity index (χ0n) is 12.3. The lowest BCUT2D eigenvalue weighted by Gasteiger charge is -2.37. The minimum atomic E-state index is 0.732. The molecule has 0 aromatic carbocycles. The van der Waals surface area contributed by atoms with E-state index >= 15 is 0 Å². The molecule has 20 heavy (non-hydrogen) atoms. The van der Waals surface area contributed by atoms with Gasteiger partial charge in [-0.15, -0.1) is 0 Å². The fourth-order valence-corrected chi connectivity index (χ4v) is 3.27. The van der Waals surface area contributed by atoms with Crippen LogP contribution in [-0.4, -0.2) is 60.1 Å². The second-order valence-electron chi connectivity index (χ2n) is 6.08. The average molecular weight is 274 g/mol. The van der Waals surface area contributed by atoms with Gasteiger partial charge in [0, 0.05) is 57.7 Å². The van der Waals surface area contributed by atoms with Gasteiger partial charge < -0.3 is 5.32 Å². The predicted octanol–water partition coefficient (Wildman–Crippen LogP) is 1.34. The van der Waals surface area contributed by atoms with E-state index in [1.54, 1.807) is 0 Å². The van der Waals surface area contributed by atoms with E-state index in [1.807, 2.05) is 12.4 Å².